The van der Waals surface area contributed by atoms with Crippen LogP contribution in [0.3, 0.4) is 0 Å². The van der Waals surface area contributed by atoms with Crippen LogP contribution in [0.25, 0.3) is 0 Å². The van der Waals surface area contributed by atoms with E-state index in [4.69, 9.17) is 4.74 Å². The second kappa shape index (κ2) is 7.00. The van der Waals surface area contributed by atoms with Crippen LogP contribution in [0, 0.1) is 11.8 Å². The van der Waals surface area contributed by atoms with Gasteiger partial charge in [0.05, 0.1) is 6.61 Å². The van der Waals surface area contributed by atoms with Gasteiger partial charge in [-0.15, -0.1) is 0 Å². The smallest absolute Gasteiger partial charge is 0.140 e. The highest BCUT2D eigenvalue weighted by Crippen LogP contribution is 2.29. The molecule has 0 amide bonds. The molecule has 0 N–H and O–H groups in total. The summed E-state index contributed by atoms with van der Waals surface area (Å²) in [7, 11) is 0. The number of rotatable bonds is 5. The Morgan fingerprint density at radius 2 is 1.94 bits per heavy atom. The maximum Gasteiger partial charge on any atom is 0.140 e. The lowest BCUT2D eigenvalue weighted by molar-refractivity contribution is 0.138. The first-order chi connectivity index (χ1) is 7.99. The molecule has 0 aliphatic heterocycles. The van der Waals surface area contributed by atoms with E-state index in [1.165, 1.54) is 31.8 Å². The monoisotopic (exact) mass is 302 g/mol. The van der Waals surface area contributed by atoms with E-state index < -0.39 is 5.83 Å². The van der Waals surface area contributed by atoms with E-state index >= 15 is 0 Å². The molecule has 1 nitrogen and oxygen atoms in total. The average molecular weight is 303 g/mol. The maximum atomic E-state index is 13.2. The van der Waals surface area contributed by atoms with Crippen LogP contribution in [0.15, 0.2) is 35.3 Å². The summed E-state index contributed by atoms with van der Waals surface area (Å²) in [6.07, 6.45) is 6.20. The normalized spacial score (nSPS) is 25.5. The minimum absolute atomic E-state index is 0.216. The van der Waals surface area contributed by atoms with Gasteiger partial charge in [0.1, 0.15) is 11.6 Å². The molecule has 0 radical (unpaired) electrons. The highest BCUT2D eigenvalue weighted by Gasteiger charge is 2.18. The van der Waals surface area contributed by atoms with Crippen molar-refractivity contribution in [1.82, 2.24) is 0 Å². The van der Waals surface area contributed by atoms with Crippen LogP contribution >= 0.6 is 15.9 Å². The largest absolute Gasteiger partial charge is 0.494 e. The average Bonchev–Trinajstić information content (AvgIpc) is 2.28. The molecule has 0 saturated heterocycles. The summed E-state index contributed by atoms with van der Waals surface area (Å²) in [5.74, 6) is 1.35. The van der Waals surface area contributed by atoms with Crippen molar-refractivity contribution in [3.63, 3.8) is 0 Å². The summed E-state index contributed by atoms with van der Waals surface area (Å²) in [5, 5.41) is 0. The van der Waals surface area contributed by atoms with Gasteiger partial charge in [0.15, 0.2) is 0 Å². The van der Waals surface area contributed by atoms with E-state index in [9.17, 15) is 4.39 Å². The molecule has 0 unspecified atom stereocenters. The van der Waals surface area contributed by atoms with Crippen LogP contribution in [0.2, 0.25) is 0 Å². The Bertz CT molecular complexity index is 314. The Morgan fingerprint density at radius 1 is 1.35 bits per heavy atom. The molecule has 1 fully saturated rings. The first kappa shape index (κ1) is 14.5. The van der Waals surface area contributed by atoms with Crippen molar-refractivity contribution in [2.24, 2.45) is 11.8 Å². The van der Waals surface area contributed by atoms with Gasteiger partial charge in [-0.05, 0) is 40.6 Å². The lowest BCUT2D eigenvalue weighted by atomic mass is 9.83. The first-order valence-electron chi connectivity index (χ1n) is 6.02. The fraction of sp³-hybridized carbons (Fsp3) is 0.571. The van der Waals surface area contributed by atoms with Gasteiger partial charge in [-0.3, -0.25) is 0 Å². The van der Waals surface area contributed by atoms with Crippen molar-refractivity contribution in [1.29, 1.82) is 0 Å². The van der Waals surface area contributed by atoms with E-state index in [0.29, 0.717) is 18.3 Å². The van der Waals surface area contributed by atoms with Gasteiger partial charge in [0, 0.05) is 10.6 Å². The zero-order valence-corrected chi connectivity index (χ0v) is 11.9. The molecule has 96 valence electrons. The zero-order valence-electron chi connectivity index (χ0n) is 10.3. The standard InChI is InChI=1S/C14H20BrFO/c1-10-4-6-13(7-5-10)9-17-11(2)8-14(16)12(3)15/h8,10,13H,2-7,9H2,1H3/b14-8+. The summed E-state index contributed by atoms with van der Waals surface area (Å²) in [4.78, 5) is 0. The van der Waals surface area contributed by atoms with Gasteiger partial charge in [-0.25, -0.2) is 4.39 Å². The molecule has 1 aliphatic rings. The predicted molar refractivity (Wildman–Crippen MR) is 73.5 cm³/mol. The third kappa shape index (κ3) is 5.53. The van der Waals surface area contributed by atoms with E-state index in [1.54, 1.807) is 0 Å². The van der Waals surface area contributed by atoms with Crippen molar-refractivity contribution in [3.05, 3.63) is 35.3 Å². The molecule has 0 aromatic heterocycles. The molecular formula is C14H20BrFO. The number of hydrogen-bond acceptors (Lipinski definition) is 1. The molecular weight excluding hydrogens is 283 g/mol. The second-order valence-electron chi connectivity index (χ2n) is 4.80. The molecule has 17 heavy (non-hydrogen) atoms. The minimum Gasteiger partial charge on any atom is -0.494 e. The van der Waals surface area contributed by atoms with Gasteiger partial charge < -0.3 is 4.74 Å². The van der Waals surface area contributed by atoms with Gasteiger partial charge in [0.25, 0.3) is 0 Å². The molecule has 0 bridgehead atoms. The van der Waals surface area contributed by atoms with Crippen LogP contribution in [-0.2, 0) is 4.74 Å². The fourth-order valence-electron chi connectivity index (χ4n) is 1.98. The van der Waals surface area contributed by atoms with Crippen molar-refractivity contribution < 1.29 is 9.13 Å². The van der Waals surface area contributed by atoms with Crippen LogP contribution in [0.5, 0.6) is 0 Å². The van der Waals surface area contributed by atoms with Crippen LogP contribution in [0.4, 0.5) is 4.39 Å². The summed E-state index contributed by atoms with van der Waals surface area (Å²) < 4.78 is 18.8. The quantitative estimate of drug-likeness (QED) is 0.507. The third-order valence-corrected chi connectivity index (χ3v) is 3.57. The number of hydrogen-bond donors (Lipinski definition) is 0. The van der Waals surface area contributed by atoms with E-state index in [2.05, 4.69) is 36.0 Å². The van der Waals surface area contributed by atoms with E-state index in [-0.39, 0.29) is 4.48 Å². The van der Waals surface area contributed by atoms with E-state index in [1.807, 2.05) is 0 Å². The summed E-state index contributed by atoms with van der Waals surface area (Å²) in [5.41, 5.74) is 0. The van der Waals surface area contributed by atoms with Crippen molar-refractivity contribution >= 4 is 15.9 Å². The summed E-state index contributed by atoms with van der Waals surface area (Å²) in [6, 6.07) is 0. The van der Waals surface area contributed by atoms with Gasteiger partial charge in [-0.2, -0.15) is 0 Å². The first-order valence-corrected chi connectivity index (χ1v) is 6.82. The molecule has 0 heterocycles. The Balaban J connectivity index is 2.29. The van der Waals surface area contributed by atoms with Crippen LogP contribution in [0.1, 0.15) is 32.6 Å². The third-order valence-electron chi connectivity index (χ3n) is 3.19. The topological polar surface area (TPSA) is 9.23 Å². The minimum atomic E-state index is -0.438. The molecule has 3 heteroatoms. The Hall–Kier alpha value is -0.570. The summed E-state index contributed by atoms with van der Waals surface area (Å²) in [6.45, 7) is 10.0. The number of ether oxygens (including phenoxy) is 1. The van der Waals surface area contributed by atoms with E-state index in [0.717, 1.165) is 5.92 Å². The predicted octanol–water partition coefficient (Wildman–Crippen LogP) is 5.11. The Kier molecular flexibility index (Phi) is 5.96. The number of allylic oxidation sites excluding steroid dienone is 3. The Labute approximate surface area is 112 Å². The second-order valence-corrected chi connectivity index (χ2v) is 5.76. The molecule has 1 rings (SSSR count). The van der Waals surface area contributed by atoms with Gasteiger partial charge in [-0.1, -0.05) is 32.9 Å². The zero-order chi connectivity index (χ0) is 12.8. The highest BCUT2D eigenvalue weighted by molar-refractivity contribution is 9.11. The highest BCUT2D eigenvalue weighted by atomic mass is 79.9. The Morgan fingerprint density at radius 3 is 2.47 bits per heavy atom. The van der Waals surface area contributed by atoms with Crippen molar-refractivity contribution in [3.8, 4) is 0 Å². The molecule has 0 atom stereocenters. The lowest BCUT2D eigenvalue weighted by Crippen LogP contribution is -2.16. The SMILES string of the molecule is C=C(/C=C(/F)C(=C)Br)OCC1CCC(C)CC1. The molecule has 1 saturated carbocycles. The van der Waals surface area contributed by atoms with Crippen LogP contribution < -0.4 is 0 Å². The van der Waals surface area contributed by atoms with Gasteiger partial charge in [0.2, 0.25) is 0 Å². The lowest BCUT2D eigenvalue weighted by Gasteiger charge is -2.26. The summed E-state index contributed by atoms with van der Waals surface area (Å²) >= 11 is 2.97. The van der Waals surface area contributed by atoms with Crippen molar-refractivity contribution in [2.75, 3.05) is 6.61 Å². The molecule has 0 spiro atoms. The van der Waals surface area contributed by atoms with Crippen molar-refractivity contribution in [2.45, 2.75) is 32.6 Å². The van der Waals surface area contributed by atoms with Crippen LogP contribution in [-0.4, -0.2) is 6.61 Å². The molecule has 0 aromatic carbocycles. The molecule has 0 aromatic rings. The fourth-order valence-corrected chi connectivity index (χ4v) is 2.10. The maximum absolute atomic E-state index is 13.2. The molecule has 1 aliphatic carbocycles. The number of halogens is 2. The van der Waals surface area contributed by atoms with Gasteiger partial charge >= 0.3 is 0 Å².